The van der Waals surface area contributed by atoms with Gasteiger partial charge in [-0.25, -0.2) is 14.2 Å². The van der Waals surface area contributed by atoms with E-state index in [1.165, 1.54) is 30.7 Å². The van der Waals surface area contributed by atoms with Crippen LogP contribution in [0.3, 0.4) is 0 Å². The summed E-state index contributed by atoms with van der Waals surface area (Å²) in [5, 5.41) is 8.77. The Balaban J connectivity index is 2.28. The summed E-state index contributed by atoms with van der Waals surface area (Å²) in [5.74, 6) is -1.95. The van der Waals surface area contributed by atoms with Crippen molar-refractivity contribution in [3.05, 3.63) is 46.6 Å². The number of aromatic carboxylic acids is 1. The summed E-state index contributed by atoms with van der Waals surface area (Å²) in [5.41, 5.74) is -0.0509. The van der Waals surface area contributed by atoms with E-state index in [9.17, 15) is 9.18 Å². The van der Waals surface area contributed by atoms with E-state index in [0.717, 1.165) is 0 Å². The van der Waals surface area contributed by atoms with Gasteiger partial charge in [-0.15, -0.1) is 0 Å². The highest BCUT2D eigenvalue weighted by atomic mass is 79.9. The van der Waals surface area contributed by atoms with Crippen molar-refractivity contribution in [3.8, 4) is 11.6 Å². The van der Waals surface area contributed by atoms with Crippen LogP contribution in [0.2, 0.25) is 0 Å². The number of hydrogen-bond donors (Lipinski definition) is 1. The highest BCUT2D eigenvalue weighted by Gasteiger charge is 2.09. The van der Waals surface area contributed by atoms with Gasteiger partial charge in [0, 0.05) is 16.9 Å². The fourth-order valence-corrected chi connectivity index (χ4v) is 1.48. The molecule has 2 aromatic heterocycles. The van der Waals surface area contributed by atoms with Crippen molar-refractivity contribution in [1.29, 1.82) is 0 Å². The lowest BCUT2D eigenvalue weighted by molar-refractivity contribution is 0.0696. The topological polar surface area (TPSA) is 72.3 Å². The zero-order chi connectivity index (χ0) is 13.1. The van der Waals surface area contributed by atoms with Crippen LogP contribution in [0.25, 0.3) is 0 Å². The molecule has 0 unspecified atom stereocenters. The number of rotatable bonds is 3. The molecule has 0 radical (unpaired) electrons. The minimum absolute atomic E-state index is 0.0509. The molecule has 0 atom stereocenters. The highest BCUT2D eigenvalue weighted by molar-refractivity contribution is 9.10. The average molecular weight is 313 g/mol. The van der Waals surface area contributed by atoms with Crippen LogP contribution in [0.1, 0.15) is 10.4 Å². The summed E-state index contributed by atoms with van der Waals surface area (Å²) >= 11 is 3.06. The first-order valence-corrected chi connectivity index (χ1v) is 5.53. The molecule has 2 aromatic rings. The van der Waals surface area contributed by atoms with Crippen molar-refractivity contribution in [2.24, 2.45) is 0 Å². The Hall–Kier alpha value is -2.02. The second-order valence-electron chi connectivity index (χ2n) is 3.26. The third kappa shape index (κ3) is 2.80. The molecule has 0 bridgehead atoms. The van der Waals surface area contributed by atoms with Crippen LogP contribution >= 0.6 is 15.9 Å². The minimum Gasteiger partial charge on any atom is -0.478 e. The number of ether oxygens (including phenoxy) is 1. The van der Waals surface area contributed by atoms with Crippen LogP contribution in [0, 0.1) is 5.82 Å². The van der Waals surface area contributed by atoms with Gasteiger partial charge in [0.2, 0.25) is 0 Å². The molecular weight excluding hydrogens is 307 g/mol. The molecule has 0 aliphatic rings. The minimum atomic E-state index is -1.14. The van der Waals surface area contributed by atoms with Gasteiger partial charge in [-0.05, 0) is 28.1 Å². The van der Waals surface area contributed by atoms with Gasteiger partial charge in [-0.3, -0.25) is 4.98 Å². The van der Waals surface area contributed by atoms with Gasteiger partial charge in [-0.1, -0.05) is 0 Å². The Labute approximate surface area is 109 Å². The lowest BCUT2D eigenvalue weighted by atomic mass is 10.3. The van der Waals surface area contributed by atoms with E-state index >= 15 is 0 Å². The molecular formula is C11H6BrFN2O3. The number of nitrogens with zero attached hydrogens (tertiary/aromatic N) is 2. The van der Waals surface area contributed by atoms with Crippen LogP contribution in [-0.4, -0.2) is 21.0 Å². The predicted molar refractivity (Wildman–Crippen MR) is 63.2 cm³/mol. The van der Waals surface area contributed by atoms with Crippen molar-refractivity contribution in [1.82, 2.24) is 9.97 Å². The van der Waals surface area contributed by atoms with Gasteiger partial charge in [0.15, 0.2) is 5.82 Å². The van der Waals surface area contributed by atoms with E-state index in [2.05, 4.69) is 25.9 Å². The largest absolute Gasteiger partial charge is 0.478 e. The number of pyridine rings is 2. The van der Waals surface area contributed by atoms with Crippen molar-refractivity contribution in [2.75, 3.05) is 0 Å². The summed E-state index contributed by atoms with van der Waals surface area (Å²) in [6.07, 6.45) is 3.81. The molecule has 0 saturated heterocycles. The average Bonchev–Trinajstić information content (AvgIpc) is 2.33. The molecule has 7 heteroatoms. The van der Waals surface area contributed by atoms with Crippen LogP contribution in [0.4, 0.5) is 4.39 Å². The van der Waals surface area contributed by atoms with E-state index in [1.807, 2.05) is 0 Å². The van der Waals surface area contributed by atoms with Crippen LogP contribution in [0.15, 0.2) is 35.2 Å². The molecule has 18 heavy (non-hydrogen) atoms. The van der Waals surface area contributed by atoms with E-state index in [-0.39, 0.29) is 17.2 Å². The maximum atomic E-state index is 13.4. The van der Waals surface area contributed by atoms with Crippen molar-refractivity contribution in [3.63, 3.8) is 0 Å². The monoisotopic (exact) mass is 312 g/mol. The number of hydrogen-bond acceptors (Lipinski definition) is 4. The number of carbonyl (C=O) groups is 1. The van der Waals surface area contributed by atoms with Crippen LogP contribution < -0.4 is 4.74 Å². The first-order chi connectivity index (χ1) is 8.56. The van der Waals surface area contributed by atoms with Gasteiger partial charge in [0.05, 0.1) is 11.8 Å². The predicted octanol–water partition coefficient (Wildman–Crippen LogP) is 2.87. The molecule has 0 spiro atoms. The third-order valence-corrected chi connectivity index (χ3v) is 2.38. The van der Waals surface area contributed by atoms with E-state index < -0.39 is 11.8 Å². The summed E-state index contributed by atoms with van der Waals surface area (Å²) in [4.78, 5) is 18.1. The molecule has 5 nitrogen and oxygen atoms in total. The molecule has 92 valence electrons. The molecule has 0 aliphatic heterocycles. The van der Waals surface area contributed by atoms with Gasteiger partial charge < -0.3 is 9.84 Å². The van der Waals surface area contributed by atoms with E-state index in [4.69, 9.17) is 9.84 Å². The maximum absolute atomic E-state index is 13.4. The quantitative estimate of drug-likeness (QED) is 0.943. The fraction of sp³-hybridized carbons (Fsp3) is 0. The molecule has 0 fully saturated rings. The Bertz CT molecular complexity index is 607. The zero-order valence-electron chi connectivity index (χ0n) is 8.80. The third-order valence-electron chi connectivity index (χ3n) is 1.95. The molecule has 2 rings (SSSR count). The standard InChI is InChI=1S/C11H6BrFN2O3/c12-7-2-9(13)10(15-4-7)18-8-1-6(11(16)17)3-14-5-8/h1-5H,(H,16,17). The lowest BCUT2D eigenvalue weighted by Crippen LogP contribution is -1.98. The molecule has 0 amide bonds. The van der Waals surface area contributed by atoms with Gasteiger partial charge in [0.1, 0.15) is 5.75 Å². The smallest absolute Gasteiger partial charge is 0.337 e. The Kier molecular flexibility index (Phi) is 3.52. The highest BCUT2D eigenvalue weighted by Crippen LogP contribution is 2.24. The Morgan fingerprint density at radius 2 is 2.11 bits per heavy atom. The lowest BCUT2D eigenvalue weighted by Gasteiger charge is -2.05. The second kappa shape index (κ2) is 5.09. The van der Waals surface area contributed by atoms with Gasteiger partial charge >= 0.3 is 5.97 Å². The molecule has 0 aromatic carbocycles. The van der Waals surface area contributed by atoms with Crippen molar-refractivity contribution in [2.45, 2.75) is 0 Å². The van der Waals surface area contributed by atoms with E-state index in [1.54, 1.807) is 0 Å². The van der Waals surface area contributed by atoms with Gasteiger partial charge in [-0.2, -0.15) is 0 Å². The summed E-state index contributed by atoms with van der Waals surface area (Å²) in [7, 11) is 0. The first-order valence-electron chi connectivity index (χ1n) is 4.73. The van der Waals surface area contributed by atoms with Crippen molar-refractivity contribution < 1.29 is 19.0 Å². The Morgan fingerprint density at radius 1 is 1.33 bits per heavy atom. The zero-order valence-corrected chi connectivity index (χ0v) is 10.4. The van der Waals surface area contributed by atoms with E-state index in [0.29, 0.717) is 4.47 Å². The number of carboxylic acids is 1. The fourth-order valence-electron chi connectivity index (χ4n) is 1.18. The Morgan fingerprint density at radius 3 is 2.78 bits per heavy atom. The molecule has 0 aliphatic carbocycles. The molecule has 0 saturated carbocycles. The SMILES string of the molecule is O=C(O)c1cncc(Oc2ncc(Br)cc2F)c1. The second-order valence-corrected chi connectivity index (χ2v) is 4.17. The summed E-state index contributed by atoms with van der Waals surface area (Å²) in [6, 6.07) is 2.43. The maximum Gasteiger partial charge on any atom is 0.337 e. The van der Waals surface area contributed by atoms with Gasteiger partial charge in [0.25, 0.3) is 5.88 Å². The van der Waals surface area contributed by atoms with Crippen molar-refractivity contribution >= 4 is 21.9 Å². The summed E-state index contributed by atoms with van der Waals surface area (Å²) in [6.45, 7) is 0. The normalized spacial score (nSPS) is 10.1. The molecule has 2 heterocycles. The number of halogens is 2. The molecule has 1 N–H and O–H groups in total. The number of carboxylic acid groups (broad SMARTS) is 1. The van der Waals surface area contributed by atoms with Crippen LogP contribution in [-0.2, 0) is 0 Å². The number of aromatic nitrogens is 2. The first kappa shape index (κ1) is 12.4. The van der Waals surface area contributed by atoms with Crippen LogP contribution in [0.5, 0.6) is 11.6 Å². The summed E-state index contributed by atoms with van der Waals surface area (Å²) < 4.78 is 19.0.